The molecule has 0 bridgehead atoms. The molecule has 2 amide bonds. The fourth-order valence-electron chi connectivity index (χ4n) is 2.78. The van der Waals surface area contributed by atoms with E-state index in [1.807, 2.05) is 30.3 Å². The van der Waals surface area contributed by atoms with Crippen molar-refractivity contribution >= 4 is 28.8 Å². The summed E-state index contributed by atoms with van der Waals surface area (Å²) in [5, 5.41) is 2.93. The number of ether oxygens (including phenoxy) is 1. The Morgan fingerprint density at radius 3 is 2.76 bits per heavy atom. The maximum atomic E-state index is 12.4. The molecule has 0 spiro atoms. The van der Waals surface area contributed by atoms with Gasteiger partial charge >= 0.3 is 0 Å². The molecule has 1 aliphatic rings. The number of benzene rings is 1. The third-order valence-corrected chi connectivity index (χ3v) is 5.39. The van der Waals surface area contributed by atoms with Gasteiger partial charge in [0.05, 0.1) is 12.2 Å². The Hall–Kier alpha value is -2.34. The maximum Gasteiger partial charge on any atom is 0.267 e. The lowest BCUT2D eigenvalue weighted by molar-refractivity contribution is -0.125. The minimum atomic E-state index is -0.531. The zero-order valence-electron chi connectivity index (χ0n) is 14.5. The number of aryl methyl sites for hydroxylation is 1. The summed E-state index contributed by atoms with van der Waals surface area (Å²) < 4.78 is 5.61. The Kier molecular flexibility index (Phi) is 5.38. The number of rotatable bonds is 6. The molecule has 1 aromatic carbocycles. The quantitative estimate of drug-likeness (QED) is 0.863. The van der Waals surface area contributed by atoms with Crippen molar-refractivity contribution in [1.82, 2.24) is 5.32 Å². The van der Waals surface area contributed by atoms with Crippen molar-refractivity contribution < 1.29 is 14.3 Å². The monoisotopic (exact) mass is 358 g/mol. The molecule has 1 aliphatic heterocycles. The second-order valence-corrected chi connectivity index (χ2v) is 7.22. The van der Waals surface area contributed by atoms with Crippen LogP contribution in [0.4, 0.5) is 5.69 Å². The topological polar surface area (TPSA) is 58.6 Å². The Balaban J connectivity index is 1.57. The van der Waals surface area contributed by atoms with E-state index in [4.69, 9.17) is 4.74 Å². The molecule has 25 heavy (non-hydrogen) atoms. The number of carbonyl (C=O) groups excluding carboxylic acids is 2. The highest BCUT2D eigenvalue weighted by Gasteiger charge is 2.31. The lowest BCUT2D eigenvalue weighted by Crippen LogP contribution is -2.45. The van der Waals surface area contributed by atoms with Gasteiger partial charge in [-0.1, -0.05) is 19.1 Å². The number of nitrogens with one attached hydrogen (secondary N) is 1. The molecule has 2 heterocycles. The van der Waals surface area contributed by atoms with E-state index in [-0.39, 0.29) is 18.2 Å². The van der Waals surface area contributed by atoms with E-state index in [2.05, 4.69) is 18.3 Å². The maximum absolute atomic E-state index is 12.4. The first-order valence-corrected chi connectivity index (χ1v) is 9.31. The van der Waals surface area contributed by atoms with Gasteiger partial charge in [-0.25, -0.2) is 0 Å². The van der Waals surface area contributed by atoms with Crippen LogP contribution in [0.1, 0.15) is 30.0 Å². The molecule has 1 atom stereocenters. The number of hydrogen-bond donors (Lipinski definition) is 1. The number of fused-ring (bicyclic) bond motifs is 1. The van der Waals surface area contributed by atoms with E-state index in [1.54, 1.807) is 23.2 Å². The summed E-state index contributed by atoms with van der Waals surface area (Å²) in [6, 6.07) is 11.6. The summed E-state index contributed by atoms with van der Waals surface area (Å²) in [4.78, 5) is 28.6. The Labute approximate surface area is 151 Å². The van der Waals surface area contributed by atoms with Crippen molar-refractivity contribution in [1.29, 1.82) is 0 Å². The summed E-state index contributed by atoms with van der Waals surface area (Å²) in [7, 11) is 0. The molecule has 0 radical (unpaired) electrons. The summed E-state index contributed by atoms with van der Waals surface area (Å²) in [5.74, 6) is 0.508. The van der Waals surface area contributed by atoms with Gasteiger partial charge in [-0.2, -0.15) is 0 Å². The van der Waals surface area contributed by atoms with Crippen LogP contribution in [-0.4, -0.2) is 24.5 Å². The molecule has 5 nitrogen and oxygen atoms in total. The minimum Gasteiger partial charge on any atom is -0.479 e. The van der Waals surface area contributed by atoms with Crippen molar-refractivity contribution in [3.05, 3.63) is 46.2 Å². The normalized spacial score (nSPS) is 16.3. The Bertz CT molecular complexity index is 772. The molecule has 1 unspecified atom stereocenters. The van der Waals surface area contributed by atoms with E-state index < -0.39 is 6.10 Å². The van der Waals surface area contributed by atoms with E-state index in [9.17, 15) is 9.59 Å². The van der Waals surface area contributed by atoms with Crippen molar-refractivity contribution in [2.24, 2.45) is 0 Å². The summed E-state index contributed by atoms with van der Waals surface area (Å²) in [5.41, 5.74) is 0.726. The lowest BCUT2D eigenvalue weighted by Gasteiger charge is -2.32. The average Bonchev–Trinajstić information content (AvgIpc) is 3.08. The second kappa shape index (κ2) is 7.70. The molecular formula is C19H22N2O3S. The molecule has 132 valence electrons. The fraction of sp³-hybridized carbons (Fsp3) is 0.368. The van der Waals surface area contributed by atoms with Crippen LogP contribution in [0.25, 0.3) is 0 Å². The third-order valence-electron chi connectivity index (χ3n) is 4.16. The molecule has 1 N–H and O–H groups in total. The highest BCUT2D eigenvalue weighted by atomic mass is 32.1. The number of amides is 2. The van der Waals surface area contributed by atoms with E-state index >= 15 is 0 Å². The number of thiophene rings is 1. The van der Waals surface area contributed by atoms with Gasteiger partial charge in [0.15, 0.2) is 6.10 Å². The highest BCUT2D eigenvalue weighted by Crippen LogP contribution is 2.33. The van der Waals surface area contributed by atoms with Crippen LogP contribution in [0.5, 0.6) is 5.75 Å². The van der Waals surface area contributed by atoms with Crippen molar-refractivity contribution in [3.63, 3.8) is 0 Å². The molecule has 0 fully saturated rings. The van der Waals surface area contributed by atoms with E-state index in [1.165, 1.54) is 4.88 Å². The zero-order chi connectivity index (χ0) is 17.8. The van der Waals surface area contributed by atoms with Crippen LogP contribution in [0.15, 0.2) is 36.4 Å². The number of carbonyl (C=O) groups is 2. The molecule has 3 rings (SSSR count). The minimum absolute atomic E-state index is 0.0594. The molecule has 2 aromatic rings. The first kappa shape index (κ1) is 17.5. The second-order valence-electron chi connectivity index (χ2n) is 5.97. The van der Waals surface area contributed by atoms with Crippen LogP contribution in [0.2, 0.25) is 0 Å². The standard InChI is InChI=1S/C19H22N2O3S/c1-3-14-8-9-15(25-14)12-20-18(22)10-11-21-16-6-4-5-7-17(16)24-13(2)19(21)23/h4-9,13H,3,10-12H2,1-2H3,(H,20,22). The van der Waals surface area contributed by atoms with Crippen LogP contribution < -0.4 is 15.0 Å². The van der Waals surface area contributed by atoms with Crippen LogP contribution in [0, 0.1) is 0 Å². The van der Waals surface area contributed by atoms with Gasteiger partial charge in [0, 0.05) is 22.7 Å². The Morgan fingerprint density at radius 2 is 2.00 bits per heavy atom. The van der Waals surface area contributed by atoms with Gasteiger partial charge in [0.2, 0.25) is 5.91 Å². The Morgan fingerprint density at radius 1 is 1.24 bits per heavy atom. The highest BCUT2D eigenvalue weighted by molar-refractivity contribution is 7.11. The third kappa shape index (κ3) is 4.02. The molecule has 0 saturated heterocycles. The van der Waals surface area contributed by atoms with E-state index in [0.29, 0.717) is 18.8 Å². The average molecular weight is 358 g/mol. The lowest BCUT2D eigenvalue weighted by atomic mass is 10.1. The summed E-state index contributed by atoms with van der Waals surface area (Å²) in [6.45, 7) is 4.73. The van der Waals surface area contributed by atoms with Gasteiger partial charge in [0.1, 0.15) is 5.75 Å². The molecule has 0 aliphatic carbocycles. The first-order valence-electron chi connectivity index (χ1n) is 8.50. The van der Waals surface area contributed by atoms with Gasteiger partial charge in [-0.3, -0.25) is 9.59 Å². The SMILES string of the molecule is CCc1ccc(CNC(=O)CCN2C(=O)C(C)Oc3ccccc32)s1. The van der Waals surface area contributed by atoms with Crippen molar-refractivity contribution in [3.8, 4) is 5.75 Å². The van der Waals surface area contributed by atoms with Crippen LogP contribution >= 0.6 is 11.3 Å². The van der Waals surface area contributed by atoms with Crippen LogP contribution in [-0.2, 0) is 22.6 Å². The number of anilines is 1. The molecule has 0 saturated carbocycles. The molecular weight excluding hydrogens is 336 g/mol. The molecule has 1 aromatic heterocycles. The first-order chi connectivity index (χ1) is 12.1. The molecule has 6 heteroatoms. The number of para-hydroxylation sites is 2. The van der Waals surface area contributed by atoms with Gasteiger partial charge in [-0.15, -0.1) is 11.3 Å². The van der Waals surface area contributed by atoms with E-state index in [0.717, 1.165) is 17.0 Å². The number of nitrogens with zero attached hydrogens (tertiary/aromatic N) is 1. The predicted octanol–water partition coefficient (Wildman–Crippen LogP) is 3.13. The smallest absolute Gasteiger partial charge is 0.267 e. The predicted molar refractivity (Wildman–Crippen MR) is 99.0 cm³/mol. The largest absolute Gasteiger partial charge is 0.479 e. The van der Waals surface area contributed by atoms with Crippen molar-refractivity contribution in [2.45, 2.75) is 39.3 Å². The van der Waals surface area contributed by atoms with Gasteiger partial charge in [-0.05, 0) is 37.6 Å². The summed E-state index contributed by atoms with van der Waals surface area (Å²) >= 11 is 1.72. The van der Waals surface area contributed by atoms with Gasteiger partial charge < -0.3 is 15.0 Å². The zero-order valence-corrected chi connectivity index (χ0v) is 15.3. The van der Waals surface area contributed by atoms with Crippen molar-refractivity contribution in [2.75, 3.05) is 11.4 Å². The number of hydrogen-bond acceptors (Lipinski definition) is 4. The van der Waals surface area contributed by atoms with Gasteiger partial charge in [0.25, 0.3) is 5.91 Å². The fourth-order valence-corrected chi connectivity index (χ4v) is 3.68. The summed E-state index contributed by atoms with van der Waals surface area (Å²) in [6.07, 6.45) is 0.741. The van der Waals surface area contributed by atoms with Crippen LogP contribution in [0.3, 0.4) is 0 Å².